The number of rotatable bonds is 5. The Labute approximate surface area is 55.8 Å². The van der Waals surface area contributed by atoms with E-state index in [-0.39, 0.29) is 0 Å². The summed E-state index contributed by atoms with van der Waals surface area (Å²) in [5.41, 5.74) is 0. The SMILES string of the molecule is CNCCC(F)CNC. The third-order valence-electron chi connectivity index (χ3n) is 1.13. The summed E-state index contributed by atoms with van der Waals surface area (Å²) in [5.74, 6) is 0. The molecule has 0 aromatic carbocycles. The highest BCUT2D eigenvalue weighted by Crippen LogP contribution is 1.92. The van der Waals surface area contributed by atoms with Gasteiger partial charge in [0.25, 0.3) is 0 Å². The van der Waals surface area contributed by atoms with Gasteiger partial charge < -0.3 is 10.6 Å². The second kappa shape index (κ2) is 5.98. The zero-order chi connectivity index (χ0) is 7.11. The number of alkyl halides is 1. The van der Waals surface area contributed by atoms with E-state index in [9.17, 15) is 4.39 Å². The predicted molar refractivity (Wildman–Crippen MR) is 37.4 cm³/mol. The van der Waals surface area contributed by atoms with Gasteiger partial charge in [0.05, 0.1) is 0 Å². The van der Waals surface area contributed by atoms with Crippen molar-refractivity contribution >= 4 is 0 Å². The lowest BCUT2D eigenvalue weighted by atomic mass is 10.3. The van der Waals surface area contributed by atoms with Crippen LogP contribution in [0.5, 0.6) is 0 Å². The molecule has 2 nitrogen and oxygen atoms in total. The maximum absolute atomic E-state index is 12.5. The molecule has 2 N–H and O–H groups in total. The maximum atomic E-state index is 12.5. The van der Waals surface area contributed by atoms with Gasteiger partial charge in [-0.3, -0.25) is 0 Å². The first kappa shape index (κ1) is 8.85. The van der Waals surface area contributed by atoms with E-state index in [1.54, 1.807) is 7.05 Å². The van der Waals surface area contributed by atoms with Crippen LogP contribution in [0.3, 0.4) is 0 Å². The fraction of sp³-hybridized carbons (Fsp3) is 1.00. The first-order valence-electron chi connectivity index (χ1n) is 3.24. The lowest BCUT2D eigenvalue weighted by Gasteiger charge is -2.05. The Hall–Kier alpha value is -0.150. The molecule has 0 aliphatic carbocycles. The molecule has 1 atom stereocenters. The van der Waals surface area contributed by atoms with Crippen LogP contribution in [0.15, 0.2) is 0 Å². The van der Waals surface area contributed by atoms with Crippen LogP contribution in [0.4, 0.5) is 4.39 Å². The van der Waals surface area contributed by atoms with E-state index < -0.39 is 6.17 Å². The van der Waals surface area contributed by atoms with Crippen LogP contribution in [0, 0.1) is 0 Å². The molecule has 3 heteroatoms. The predicted octanol–water partition coefficient (Wildman–Crippen LogP) is 0.153. The van der Waals surface area contributed by atoms with Gasteiger partial charge in [-0.2, -0.15) is 0 Å². The highest BCUT2D eigenvalue weighted by Gasteiger charge is 2.01. The molecule has 1 unspecified atom stereocenters. The molecule has 0 aliphatic heterocycles. The second-order valence-electron chi connectivity index (χ2n) is 2.05. The van der Waals surface area contributed by atoms with Crippen molar-refractivity contribution in [1.82, 2.24) is 10.6 Å². The molecule has 0 rings (SSSR count). The summed E-state index contributed by atoms with van der Waals surface area (Å²) in [7, 11) is 3.58. The average molecular weight is 134 g/mol. The standard InChI is InChI=1S/C6H15FN2/c1-8-4-3-6(7)5-9-2/h6,8-9H,3-5H2,1-2H3. The Bertz CT molecular complexity index is 59.0. The van der Waals surface area contributed by atoms with Crippen molar-refractivity contribution in [3.8, 4) is 0 Å². The minimum Gasteiger partial charge on any atom is -0.320 e. The van der Waals surface area contributed by atoms with Crippen molar-refractivity contribution in [2.45, 2.75) is 12.6 Å². The zero-order valence-corrected chi connectivity index (χ0v) is 6.08. The van der Waals surface area contributed by atoms with Crippen LogP contribution >= 0.6 is 0 Å². The molecule has 0 bridgehead atoms. The van der Waals surface area contributed by atoms with E-state index in [1.165, 1.54) is 0 Å². The summed E-state index contributed by atoms with van der Waals surface area (Å²) in [6.45, 7) is 1.21. The third-order valence-corrected chi connectivity index (χ3v) is 1.13. The Morgan fingerprint density at radius 1 is 1.33 bits per heavy atom. The third kappa shape index (κ3) is 5.73. The van der Waals surface area contributed by atoms with Gasteiger partial charge in [0, 0.05) is 6.54 Å². The molecule has 0 aromatic heterocycles. The van der Waals surface area contributed by atoms with Crippen molar-refractivity contribution in [1.29, 1.82) is 0 Å². The zero-order valence-electron chi connectivity index (χ0n) is 6.08. The van der Waals surface area contributed by atoms with Crippen LogP contribution in [0.25, 0.3) is 0 Å². The van der Waals surface area contributed by atoms with E-state index in [0.29, 0.717) is 13.0 Å². The van der Waals surface area contributed by atoms with Crippen LogP contribution in [0.1, 0.15) is 6.42 Å². The van der Waals surface area contributed by atoms with Crippen molar-refractivity contribution in [2.24, 2.45) is 0 Å². The highest BCUT2D eigenvalue weighted by atomic mass is 19.1. The summed E-state index contributed by atoms with van der Waals surface area (Å²) in [5, 5.41) is 5.66. The molecule has 56 valence electrons. The van der Waals surface area contributed by atoms with Gasteiger partial charge in [-0.1, -0.05) is 0 Å². The first-order valence-corrected chi connectivity index (χ1v) is 3.24. The summed E-state index contributed by atoms with van der Waals surface area (Å²) in [6, 6.07) is 0. The van der Waals surface area contributed by atoms with E-state index in [0.717, 1.165) is 6.54 Å². The molecule has 0 spiro atoms. The van der Waals surface area contributed by atoms with Gasteiger partial charge in [-0.25, -0.2) is 4.39 Å². The molecule has 0 radical (unpaired) electrons. The lowest BCUT2D eigenvalue weighted by Crippen LogP contribution is -2.23. The molecular weight excluding hydrogens is 119 g/mol. The summed E-state index contributed by atoms with van der Waals surface area (Å²) in [6.07, 6.45) is -0.111. The van der Waals surface area contributed by atoms with E-state index in [4.69, 9.17) is 0 Å². The largest absolute Gasteiger partial charge is 0.320 e. The van der Waals surface area contributed by atoms with Gasteiger partial charge in [0.2, 0.25) is 0 Å². The Morgan fingerprint density at radius 3 is 2.44 bits per heavy atom. The topological polar surface area (TPSA) is 24.1 Å². The molecule has 0 aliphatic rings. The van der Waals surface area contributed by atoms with Gasteiger partial charge in [-0.05, 0) is 27.1 Å². The average Bonchev–Trinajstić information content (AvgIpc) is 1.85. The summed E-state index contributed by atoms with van der Waals surface area (Å²) in [4.78, 5) is 0. The van der Waals surface area contributed by atoms with Crippen molar-refractivity contribution in [3.63, 3.8) is 0 Å². The van der Waals surface area contributed by atoms with Crippen LogP contribution in [-0.2, 0) is 0 Å². The van der Waals surface area contributed by atoms with Crippen LogP contribution < -0.4 is 10.6 Å². The molecule has 0 fully saturated rings. The fourth-order valence-electron chi connectivity index (χ4n) is 0.625. The number of hydrogen-bond acceptors (Lipinski definition) is 2. The van der Waals surface area contributed by atoms with E-state index in [1.807, 2.05) is 7.05 Å². The molecule has 0 heterocycles. The van der Waals surface area contributed by atoms with Crippen molar-refractivity contribution < 1.29 is 4.39 Å². The molecule has 0 amide bonds. The maximum Gasteiger partial charge on any atom is 0.114 e. The first-order chi connectivity index (χ1) is 4.31. The number of nitrogens with one attached hydrogen (secondary N) is 2. The van der Waals surface area contributed by atoms with E-state index >= 15 is 0 Å². The quantitative estimate of drug-likeness (QED) is 0.559. The normalized spacial score (nSPS) is 13.7. The van der Waals surface area contributed by atoms with Gasteiger partial charge in [-0.15, -0.1) is 0 Å². The molecule has 0 saturated heterocycles. The highest BCUT2D eigenvalue weighted by molar-refractivity contribution is 4.58. The number of halogens is 1. The van der Waals surface area contributed by atoms with Crippen molar-refractivity contribution in [2.75, 3.05) is 27.2 Å². The Kier molecular flexibility index (Phi) is 5.88. The van der Waals surface area contributed by atoms with Crippen LogP contribution in [0.2, 0.25) is 0 Å². The Balaban J connectivity index is 2.95. The van der Waals surface area contributed by atoms with Gasteiger partial charge >= 0.3 is 0 Å². The smallest absolute Gasteiger partial charge is 0.114 e. The fourth-order valence-corrected chi connectivity index (χ4v) is 0.625. The summed E-state index contributed by atoms with van der Waals surface area (Å²) < 4.78 is 12.5. The number of hydrogen-bond donors (Lipinski definition) is 2. The van der Waals surface area contributed by atoms with E-state index in [2.05, 4.69) is 10.6 Å². The minimum absolute atomic E-state index is 0.460. The van der Waals surface area contributed by atoms with Gasteiger partial charge in [0.15, 0.2) is 0 Å². The Morgan fingerprint density at radius 2 is 2.00 bits per heavy atom. The molecular formula is C6H15FN2. The monoisotopic (exact) mass is 134 g/mol. The molecule has 9 heavy (non-hydrogen) atoms. The molecule has 0 saturated carbocycles. The second-order valence-corrected chi connectivity index (χ2v) is 2.05. The van der Waals surface area contributed by atoms with Crippen molar-refractivity contribution in [3.05, 3.63) is 0 Å². The molecule has 0 aromatic rings. The summed E-state index contributed by atoms with van der Waals surface area (Å²) >= 11 is 0. The van der Waals surface area contributed by atoms with Crippen LogP contribution in [-0.4, -0.2) is 33.4 Å². The lowest BCUT2D eigenvalue weighted by molar-refractivity contribution is 0.306. The minimum atomic E-state index is -0.706. The van der Waals surface area contributed by atoms with Gasteiger partial charge in [0.1, 0.15) is 6.17 Å².